The maximum Gasteiger partial charge on any atom is 0.127 e. The van der Waals surface area contributed by atoms with E-state index in [-0.39, 0.29) is 0 Å². The Bertz CT molecular complexity index is 521. The van der Waals surface area contributed by atoms with Crippen molar-refractivity contribution in [3.05, 3.63) is 29.5 Å². The van der Waals surface area contributed by atoms with Gasteiger partial charge in [0.25, 0.3) is 0 Å². The smallest absolute Gasteiger partial charge is 0.127 e. The van der Waals surface area contributed by atoms with Crippen LogP contribution in [0.2, 0.25) is 0 Å². The minimum atomic E-state index is 0.702. The van der Waals surface area contributed by atoms with E-state index < -0.39 is 0 Å². The molecule has 0 radical (unpaired) electrons. The van der Waals surface area contributed by atoms with Crippen LogP contribution in [0, 0.1) is 13.8 Å². The lowest BCUT2D eigenvalue weighted by Gasteiger charge is -2.14. The summed E-state index contributed by atoms with van der Waals surface area (Å²) in [6.45, 7) is 3.98. The predicted octanol–water partition coefficient (Wildman–Crippen LogP) is 2.44. The summed E-state index contributed by atoms with van der Waals surface area (Å²) >= 11 is 0. The average Bonchev–Trinajstić information content (AvgIpc) is 2.27. The molecule has 0 aliphatic rings. The van der Waals surface area contributed by atoms with Crippen molar-refractivity contribution in [2.24, 2.45) is 0 Å². The van der Waals surface area contributed by atoms with Gasteiger partial charge in [-0.15, -0.1) is 0 Å². The van der Waals surface area contributed by atoms with Crippen LogP contribution in [0.1, 0.15) is 11.1 Å². The lowest BCUT2D eigenvalue weighted by molar-refractivity contribution is 0.409. The number of hydrogen-bond acceptors (Lipinski definition) is 3. The fourth-order valence-electron chi connectivity index (χ4n) is 1.93. The van der Waals surface area contributed by atoms with E-state index in [1.54, 1.807) is 13.3 Å². The van der Waals surface area contributed by atoms with Crippen molar-refractivity contribution in [2.45, 2.75) is 13.8 Å². The molecule has 78 valence electrons. The van der Waals surface area contributed by atoms with Gasteiger partial charge in [-0.25, -0.2) is 0 Å². The second-order valence-electron chi connectivity index (χ2n) is 3.60. The molecule has 0 fully saturated rings. The first kappa shape index (κ1) is 9.77. The Morgan fingerprint density at radius 1 is 1.27 bits per heavy atom. The highest BCUT2D eigenvalue weighted by atomic mass is 16.5. The molecule has 0 saturated carbocycles. The van der Waals surface area contributed by atoms with Crippen molar-refractivity contribution in [1.29, 1.82) is 0 Å². The number of pyridine rings is 1. The summed E-state index contributed by atoms with van der Waals surface area (Å²) in [5, 5.41) is 1.05. The summed E-state index contributed by atoms with van der Waals surface area (Å²) in [6.07, 6.45) is 1.75. The molecule has 0 amide bonds. The second-order valence-corrected chi connectivity index (χ2v) is 3.60. The number of rotatable bonds is 1. The molecule has 0 atom stereocenters. The third-order valence-electron chi connectivity index (χ3n) is 2.76. The molecule has 0 aliphatic heterocycles. The Labute approximate surface area is 88.9 Å². The van der Waals surface area contributed by atoms with Gasteiger partial charge in [0.2, 0.25) is 0 Å². The predicted molar refractivity (Wildman–Crippen MR) is 62.2 cm³/mol. The zero-order chi connectivity index (χ0) is 11.0. The number of benzene rings is 1. The van der Waals surface area contributed by atoms with Gasteiger partial charge in [-0.1, -0.05) is 6.07 Å². The minimum absolute atomic E-state index is 0.702. The maximum atomic E-state index is 6.02. The van der Waals surface area contributed by atoms with Gasteiger partial charge >= 0.3 is 0 Å². The molecule has 0 spiro atoms. The maximum absolute atomic E-state index is 6.02. The highest BCUT2D eigenvalue weighted by molar-refractivity contribution is 5.95. The molecule has 1 aromatic carbocycles. The van der Waals surface area contributed by atoms with E-state index in [2.05, 4.69) is 4.98 Å². The molecule has 2 rings (SSSR count). The number of fused-ring (bicyclic) bond motifs is 1. The highest BCUT2D eigenvalue weighted by Crippen LogP contribution is 2.35. The summed E-state index contributed by atoms with van der Waals surface area (Å²) in [6, 6.07) is 3.92. The number of anilines is 1. The number of nitrogen functional groups attached to an aromatic ring is 1. The number of methoxy groups -OCH3 is 1. The quantitative estimate of drug-likeness (QED) is 0.722. The minimum Gasteiger partial charge on any atom is -0.496 e. The average molecular weight is 202 g/mol. The van der Waals surface area contributed by atoms with Crippen LogP contribution < -0.4 is 10.5 Å². The summed E-state index contributed by atoms with van der Waals surface area (Å²) in [4.78, 5) is 4.30. The van der Waals surface area contributed by atoms with Crippen molar-refractivity contribution in [2.75, 3.05) is 12.8 Å². The van der Waals surface area contributed by atoms with Gasteiger partial charge in [-0.2, -0.15) is 0 Å². The van der Waals surface area contributed by atoms with Crippen molar-refractivity contribution in [1.82, 2.24) is 4.98 Å². The highest BCUT2D eigenvalue weighted by Gasteiger charge is 2.12. The Morgan fingerprint density at radius 3 is 2.67 bits per heavy atom. The van der Waals surface area contributed by atoms with Gasteiger partial charge in [0, 0.05) is 22.7 Å². The van der Waals surface area contributed by atoms with Crippen LogP contribution >= 0.6 is 0 Å². The Balaban J connectivity index is 2.96. The molecular formula is C12H14N2O. The first-order chi connectivity index (χ1) is 7.16. The monoisotopic (exact) mass is 202 g/mol. The van der Waals surface area contributed by atoms with Gasteiger partial charge in [-0.3, -0.25) is 4.98 Å². The first-order valence-electron chi connectivity index (χ1n) is 4.84. The van der Waals surface area contributed by atoms with E-state index in [1.807, 2.05) is 26.0 Å². The number of aromatic nitrogens is 1. The third kappa shape index (κ3) is 1.31. The number of aryl methyl sites for hydroxylation is 1. The number of nitrogens with two attached hydrogens (primary N) is 1. The zero-order valence-electron chi connectivity index (χ0n) is 9.16. The summed E-state index contributed by atoms with van der Waals surface area (Å²) in [5.74, 6) is 0.855. The molecule has 1 heterocycles. The van der Waals surface area contributed by atoms with Gasteiger partial charge in [-0.05, 0) is 19.9 Å². The van der Waals surface area contributed by atoms with Gasteiger partial charge in [0.1, 0.15) is 5.75 Å². The summed E-state index contributed by atoms with van der Waals surface area (Å²) in [7, 11) is 1.66. The standard InChI is InChI=1S/C12H14N2O/c1-7-9-5-4-6-14-11(9)10(13)8(2)12(7)15-3/h4-6H,13H2,1-3H3. The van der Waals surface area contributed by atoms with Crippen molar-refractivity contribution in [3.8, 4) is 5.75 Å². The van der Waals surface area contributed by atoms with Crippen LogP contribution in [-0.2, 0) is 0 Å². The first-order valence-corrected chi connectivity index (χ1v) is 4.84. The van der Waals surface area contributed by atoms with Crippen molar-refractivity contribution in [3.63, 3.8) is 0 Å². The Kier molecular flexibility index (Phi) is 2.23. The van der Waals surface area contributed by atoms with Crippen LogP contribution in [0.15, 0.2) is 18.3 Å². The largest absolute Gasteiger partial charge is 0.496 e. The third-order valence-corrected chi connectivity index (χ3v) is 2.76. The van der Waals surface area contributed by atoms with Crippen LogP contribution in [0.3, 0.4) is 0 Å². The molecule has 0 saturated heterocycles. The van der Waals surface area contributed by atoms with E-state index in [0.29, 0.717) is 5.69 Å². The molecular weight excluding hydrogens is 188 g/mol. The second kappa shape index (κ2) is 3.42. The van der Waals surface area contributed by atoms with E-state index in [1.165, 1.54) is 0 Å². The Hall–Kier alpha value is -1.77. The molecule has 2 N–H and O–H groups in total. The fraction of sp³-hybridized carbons (Fsp3) is 0.250. The molecule has 0 bridgehead atoms. The summed E-state index contributed by atoms with van der Waals surface area (Å²) in [5.41, 5.74) is 9.63. The van der Waals surface area contributed by atoms with E-state index in [9.17, 15) is 0 Å². The molecule has 3 nitrogen and oxygen atoms in total. The van der Waals surface area contributed by atoms with Crippen LogP contribution in [-0.4, -0.2) is 12.1 Å². The number of ether oxygens (including phenoxy) is 1. The van der Waals surface area contributed by atoms with Crippen molar-refractivity contribution < 1.29 is 4.74 Å². The van der Waals surface area contributed by atoms with E-state index in [4.69, 9.17) is 10.5 Å². The van der Waals surface area contributed by atoms with E-state index in [0.717, 1.165) is 27.8 Å². The molecule has 15 heavy (non-hydrogen) atoms. The number of nitrogens with zero attached hydrogens (tertiary/aromatic N) is 1. The summed E-state index contributed by atoms with van der Waals surface area (Å²) < 4.78 is 5.36. The fourth-order valence-corrected chi connectivity index (χ4v) is 1.93. The van der Waals surface area contributed by atoms with Crippen LogP contribution in [0.5, 0.6) is 5.75 Å². The lowest BCUT2D eigenvalue weighted by atomic mass is 10.0. The van der Waals surface area contributed by atoms with Crippen LogP contribution in [0.4, 0.5) is 5.69 Å². The topological polar surface area (TPSA) is 48.1 Å². The molecule has 2 aromatic rings. The zero-order valence-corrected chi connectivity index (χ0v) is 9.16. The normalized spacial score (nSPS) is 10.6. The lowest BCUT2D eigenvalue weighted by Crippen LogP contribution is -1.99. The van der Waals surface area contributed by atoms with Gasteiger partial charge < -0.3 is 10.5 Å². The SMILES string of the molecule is COc1c(C)c(N)c2ncccc2c1C. The molecule has 0 aliphatic carbocycles. The van der Waals surface area contributed by atoms with Crippen LogP contribution in [0.25, 0.3) is 10.9 Å². The Morgan fingerprint density at radius 2 is 2.00 bits per heavy atom. The molecule has 0 unspecified atom stereocenters. The van der Waals surface area contributed by atoms with Gasteiger partial charge in [0.05, 0.1) is 18.3 Å². The van der Waals surface area contributed by atoms with Gasteiger partial charge in [0.15, 0.2) is 0 Å². The molecule has 3 heteroatoms. The molecule has 1 aromatic heterocycles. The van der Waals surface area contributed by atoms with Crippen molar-refractivity contribution >= 4 is 16.6 Å². The van der Waals surface area contributed by atoms with E-state index >= 15 is 0 Å². The number of hydrogen-bond donors (Lipinski definition) is 1.